The highest BCUT2D eigenvalue weighted by Gasteiger charge is 2.25. The largest absolute Gasteiger partial charge is 0.497 e. The molecule has 120 valence electrons. The highest BCUT2D eigenvalue weighted by atomic mass is 32.1. The van der Waals surface area contributed by atoms with Crippen LogP contribution in [-0.4, -0.2) is 35.4 Å². The highest BCUT2D eigenvalue weighted by molar-refractivity contribution is 7.15. The van der Waals surface area contributed by atoms with Gasteiger partial charge in [0.05, 0.1) is 19.3 Å². The minimum atomic E-state index is -0.139. The van der Waals surface area contributed by atoms with Crippen LogP contribution >= 0.6 is 11.3 Å². The lowest BCUT2D eigenvalue weighted by atomic mass is 10.1. The van der Waals surface area contributed by atoms with Gasteiger partial charge in [0.25, 0.3) is 5.91 Å². The Kier molecular flexibility index (Phi) is 4.29. The van der Waals surface area contributed by atoms with Gasteiger partial charge in [-0.15, -0.1) is 0 Å². The predicted molar refractivity (Wildman–Crippen MR) is 87.9 cm³/mol. The Morgan fingerprint density at radius 3 is 2.96 bits per heavy atom. The van der Waals surface area contributed by atoms with Gasteiger partial charge >= 0.3 is 0 Å². The molecule has 2 heterocycles. The average molecular weight is 331 g/mol. The van der Waals surface area contributed by atoms with Crippen molar-refractivity contribution in [2.45, 2.75) is 19.9 Å². The number of rotatable bonds is 3. The van der Waals surface area contributed by atoms with E-state index in [-0.39, 0.29) is 11.8 Å². The second-order valence-electron chi connectivity index (χ2n) is 5.28. The lowest BCUT2D eigenvalue weighted by Gasteiger charge is -2.26. The van der Waals surface area contributed by atoms with Gasteiger partial charge in [-0.3, -0.25) is 9.59 Å². The molecule has 3 rings (SSSR count). The van der Waals surface area contributed by atoms with Crippen LogP contribution in [0.2, 0.25) is 0 Å². The van der Waals surface area contributed by atoms with Crippen LogP contribution in [0, 0.1) is 0 Å². The minimum Gasteiger partial charge on any atom is -0.497 e. The molecule has 1 aromatic carbocycles. The van der Waals surface area contributed by atoms with Crippen molar-refractivity contribution in [2.75, 3.05) is 19.0 Å². The molecule has 0 radical (unpaired) electrons. The molecule has 1 aliphatic rings. The first kappa shape index (κ1) is 15.5. The number of methoxy groups -OCH3 is 1. The van der Waals surface area contributed by atoms with Crippen molar-refractivity contribution in [1.29, 1.82) is 0 Å². The number of anilines is 1. The van der Waals surface area contributed by atoms with E-state index < -0.39 is 0 Å². The molecule has 6 nitrogen and oxygen atoms in total. The molecule has 2 aromatic rings. The van der Waals surface area contributed by atoms with E-state index in [1.165, 1.54) is 18.3 Å². The molecule has 0 bridgehead atoms. The SMILES string of the molecule is COc1cccc(C(=O)N2CCc3nc(NC(C)=O)sc3C2)c1. The Labute approximate surface area is 138 Å². The standard InChI is InChI=1S/C16H17N3O3S/c1-10(20)17-16-18-13-6-7-19(9-14(13)23-16)15(21)11-4-3-5-12(8-11)22-2/h3-5,8H,6-7,9H2,1-2H3,(H,17,18,20). The number of fused-ring (bicyclic) bond motifs is 1. The number of amides is 2. The Morgan fingerprint density at radius 2 is 2.22 bits per heavy atom. The van der Waals surface area contributed by atoms with Gasteiger partial charge in [0.15, 0.2) is 5.13 Å². The van der Waals surface area contributed by atoms with Crippen LogP contribution in [-0.2, 0) is 17.8 Å². The van der Waals surface area contributed by atoms with Gasteiger partial charge in [-0.1, -0.05) is 17.4 Å². The second kappa shape index (κ2) is 6.37. The number of carbonyl (C=O) groups is 2. The topological polar surface area (TPSA) is 71.5 Å². The maximum atomic E-state index is 12.6. The number of nitrogens with zero attached hydrogens (tertiary/aromatic N) is 2. The smallest absolute Gasteiger partial charge is 0.254 e. The van der Waals surface area contributed by atoms with E-state index >= 15 is 0 Å². The van der Waals surface area contributed by atoms with E-state index in [2.05, 4.69) is 10.3 Å². The quantitative estimate of drug-likeness (QED) is 0.937. The van der Waals surface area contributed by atoms with Crippen molar-refractivity contribution >= 4 is 28.3 Å². The number of benzene rings is 1. The van der Waals surface area contributed by atoms with E-state index in [0.717, 1.165) is 10.6 Å². The molecular weight excluding hydrogens is 314 g/mol. The van der Waals surface area contributed by atoms with E-state index in [4.69, 9.17) is 4.74 Å². The van der Waals surface area contributed by atoms with Crippen LogP contribution in [0.5, 0.6) is 5.75 Å². The lowest BCUT2D eigenvalue weighted by Crippen LogP contribution is -2.35. The fraction of sp³-hybridized carbons (Fsp3) is 0.312. The lowest BCUT2D eigenvalue weighted by molar-refractivity contribution is -0.114. The summed E-state index contributed by atoms with van der Waals surface area (Å²) in [5.41, 5.74) is 1.58. The summed E-state index contributed by atoms with van der Waals surface area (Å²) in [6.07, 6.45) is 0.696. The predicted octanol–water partition coefficient (Wildman–Crippen LogP) is 2.31. The maximum absolute atomic E-state index is 12.6. The zero-order valence-corrected chi connectivity index (χ0v) is 13.8. The van der Waals surface area contributed by atoms with Gasteiger partial charge in [0, 0.05) is 30.3 Å². The molecule has 0 spiro atoms. The molecule has 0 saturated carbocycles. The van der Waals surface area contributed by atoms with Crippen LogP contribution in [0.4, 0.5) is 5.13 Å². The number of hydrogen-bond acceptors (Lipinski definition) is 5. The van der Waals surface area contributed by atoms with Gasteiger partial charge in [0.1, 0.15) is 5.75 Å². The van der Waals surface area contributed by atoms with Crippen molar-refractivity contribution < 1.29 is 14.3 Å². The first-order chi connectivity index (χ1) is 11.1. The fourth-order valence-corrected chi connectivity index (χ4v) is 3.58. The minimum absolute atomic E-state index is 0.0240. The van der Waals surface area contributed by atoms with Crippen molar-refractivity contribution in [3.63, 3.8) is 0 Å². The molecule has 0 aliphatic carbocycles. The summed E-state index contributed by atoms with van der Waals surface area (Å²) < 4.78 is 5.17. The molecule has 1 aliphatic heterocycles. The van der Waals surface area contributed by atoms with Gasteiger partial charge in [-0.05, 0) is 18.2 Å². The van der Waals surface area contributed by atoms with Gasteiger partial charge in [-0.2, -0.15) is 0 Å². The van der Waals surface area contributed by atoms with E-state index in [0.29, 0.717) is 36.0 Å². The zero-order chi connectivity index (χ0) is 16.4. The summed E-state index contributed by atoms with van der Waals surface area (Å²) in [5, 5.41) is 3.30. The molecule has 0 atom stereocenters. The molecule has 0 fully saturated rings. The highest BCUT2D eigenvalue weighted by Crippen LogP contribution is 2.29. The Balaban J connectivity index is 1.76. The van der Waals surface area contributed by atoms with Crippen molar-refractivity contribution in [3.8, 4) is 5.75 Å². The molecule has 2 amide bonds. The van der Waals surface area contributed by atoms with Gasteiger partial charge < -0.3 is 15.0 Å². The summed E-state index contributed by atoms with van der Waals surface area (Å²) in [6, 6.07) is 7.15. The molecule has 23 heavy (non-hydrogen) atoms. The third-order valence-corrected chi connectivity index (χ3v) is 4.62. The van der Waals surface area contributed by atoms with E-state index in [1.54, 1.807) is 24.1 Å². The first-order valence-corrected chi connectivity index (χ1v) is 8.08. The molecule has 7 heteroatoms. The number of nitrogens with one attached hydrogen (secondary N) is 1. The summed E-state index contributed by atoms with van der Waals surface area (Å²) in [7, 11) is 1.58. The number of aromatic nitrogens is 1. The Morgan fingerprint density at radius 1 is 1.39 bits per heavy atom. The van der Waals surface area contributed by atoms with Crippen LogP contribution in [0.1, 0.15) is 27.9 Å². The summed E-state index contributed by atoms with van der Waals surface area (Å²) in [4.78, 5) is 31.0. The monoisotopic (exact) mass is 331 g/mol. The first-order valence-electron chi connectivity index (χ1n) is 7.26. The van der Waals surface area contributed by atoms with E-state index in [1.807, 2.05) is 12.1 Å². The van der Waals surface area contributed by atoms with Gasteiger partial charge in [-0.25, -0.2) is 4.98 Å². The molecular formula is C16H17N3O3S. The fourth-order valence-electron chi connectivity index (χ4n) is 2.51. The number of ether oxygens (including phenoxy) is 1. The van der Waals surface area contributed by atoms with Crippen LogP contribution in [0.3, 0.4) is 0 Å². The molecule has 0 unspecified atom stereocenters. The molecule has 0 saturated heterocycles. The van der Waals surface area contributed by atoms with Crippen LogP contribution in [0.25, 0.3) is 0 Å². The Bertz CT molecular complexity index is 757. The maximum Gasteiger partial charge on any atom is 0.254 e. The second-order valence-corrected chi connectivity index (χ2v) is 6.36. The van der Waals surface area contributed by atoms with Gasteiger partial charge in [0.2, 0.25) is 5.91 Å². The average Bonchev–Trinajstić information content (AvgIpc) is 2.94. The van der Waals surface area contributed by atoms with Crippen molar-refractivity contribution in [3.05, 3.63) is 40.4 Å². The zero-order valence-electron chi connectivity index (χ0n) is 13.0. The number of carbonyl (C=O) groups excluding carboxylic acids is 2. The molecule has 1 N–H and O–H groups in total. The summed E-state index contributed by atoms with van der Waals surface area (Å²) in [5.74, 6) is 0.503. The normalized spacial score (nSPS) is 13.4. The number of thiazole rings is 1. The van der Waals surface area contributed by atoms with E-state index in [9.17, 15) is 9.59 Å². The third-order valence-electron chi connectivity index (χ3n) is 3.62. The van der Waals surface area contributed by atoms with Crippen molar-refractivity contribution in [2.24, 2.45) is 0 Å². The molecule has 1 aromatic heterocycles. The number of hydrogen-bond donors (Lipinski definition) is 1. The van der Waals surface area contributed by atoms with Crippen molar-refractivity contribution in [1.82, 2.24) is 9.88 Å². The summed E-state index contributed by atoms with van der Waals surface area (Å²) in [6.45, 7) is 2.59. The van der Waals surface area contributed by atoms with Crippen LogP contribution in [0.15, 0.2) is 24.3 Å². The Hall–Kier alpha value is -2.41. The van der Waals surface area contributed by atoms with Crippen LogP contribution < -0.4 is 10.1 Å². The summed E-state index contributed by atoms with van der Waals surface area (Å²) >= 11 is 1.43. The third kappa shape index (κ3) is 3.34.